The molecular weight excluding hydrogens is 809 g/mol. The Hall–Kier alpha value is -6.18. The van der Waals surface area contributed by atoms with Gasteiger partial charge in [0.15, 0.2) is 17.5 Å². The van der Waals surface area contributed by atoms with Gasteiger partial charge in [-0.15, -0.1) is 0 Å². The van der Waals surface area contributed by atoms with Gasteiger partial charge < -0.3 is 33.5 Å². The van der Waals surface area contributed by atoms with Gasteiger partial charge in [0.2, 0.25) is 0 Å². The van der Waals surface area contributed by atoms with E-state index in [0.29, 0.717) is 11.1 Å². The Balaban J connectivity index is 1.37. The predicted octanol–water partition coefficient (Wildman–Crippen LogP) is 6.55. The van der Waals surface area contributed by atoms with Gasteiger partial charge in [-0.3, -0.25) is 19.2 Å². The van der Waals surface area contributed by atoms with Gasteiger partial charge in [0.25, 0.3) is 0 Å². The van der Waals surface area contributed by atoms with E-state index in [1.807, 2.05) is 54.6 Å². The van der Waals surface area contributed by atoms with Crippen LogP contribution in [0, 0.1) is 16.7 Å². The first kappa shape index (κ1) is 44.9. The highest BCUT2D eigenvalue weighted by Crippen LogP contribution is 2.65. The van der Waals surface area contributed by atoms with Gasteiger partial charge in [-0.25, -0.2) is 9.59 Å². The molecule has 1 heterocycles. The molecule has 3 aromatic rings. The van der Waals surface area contributed by atoms with E-state index >= 15 is 4.79 Å². The van der Waals surface area contributed by atoms with Crippen molar-refractivity contribution >= 4 is 47.3 Å². The summed E-state index contributed by atoms with van der Waals surface area (Å²) in [5, 5.41) is 13.6. The molecule has 0 aromatic heterocycles. The van der Waals surface area contributed by atoms with Crippen LogP contribution < -0.4 is 0 Å². The summed E-state index contributed by atoms with van der Waals surface area (Å²) in [6.07, 6.45) is -4.88. The summed E-state index contributed by atoms with van der Waals surface area (Å²) in [4.78, 5) is 83.0. The van der Waals surface area contributed by atoms with Crippen LogP contribution in [0.4, 0.5) is 0 Å². The molecule has 3 fully saturated rings. The molecule has 3 aromatic carbocycles. The van der Waals surface area contributed by atoms with Crippen molar-refractivity contribution < 1.29 is 62.3 Å². The molecule has 4 aliphatic rings. The number of aliphatic hydroxyl groups is 1. The number of carbonyl (C=O) groups is 6. The van der Waals surface area contributed by atoms with E-state index < -0.39 is 94.1 Å². The quantitative estimate of drug-likeness (QED) is 0.101. The number of ketones is 1. The van der Waals surface area contributed by atoms with E-state index in [0.717, 1.165) is 23.6 Å². The first-order valence-electron chi connectivity index (χ1n) is 20.9. The third-order valence-corrected chi connectivity index (χ3v) is 13.5. The minimum absolute atomic E-state index is 0.107. The van der Waals surface area contributed by atoms with E-state index in [1.165, 1.54) is 39.0 Å². The molecule has 1 N–H and O–H groups in total. The number of ether oxygens (including phenoxy) is 6. The van der Waals surface area contributed by atoms with Crippen LogP contribution in [0.3, 0.4) is 0 Å². The zero-order chi connectivity index (χ0) is 45.6. The molecule has 0 unspecified atom stereocenters. The molecule has 2 saturated carbocycles. The number of Topliss-reactive ketones (excluding diaryl/α,β-unsaturated/α-hetero) is 1. The summed E-state index contributed by atoms with van der Waals surface area (Å²) < 4.78 is 36.7. The van der Waals surface area contributed by atoms with Crippen molar-refractivity contribution in [2.75, 3.05) is 6.61 Å². The Kier molecular flexibility index (Phi) is 12.0. The van der Waals surface area contributed by atoms with Crippen LogP contribution in [-0.2, 0) is 52.4 Å². The Bertz CT molecular complexity index is 2400. The molecule has 3 aliphatic carbocycles. The Morgan fingerprint density at radius 2 is 1.37 bits per heavy atom. The lowest BCUT2D eigenvalue weighted by molar-refractivity contribution is -0.346. The fourth-order valence-corrected chi connectivity index (χ4v) is 10.3. The third kappa shape index (κ3) is 7.82. The van der Waals surface area contributed by atoms with Gasteiger partial charge in [-0.1, -0.05) is 93.2 Å². The molecule has 0 radical (unpaired) electrons. The Morgan fingerprint density at radius 1 is 0.778 bits per heavy atom. The Labute approximate surface area is 366 Å². The second-order valence-corrected chi connectivity index (χ2v) is 17.6. The number of benzene rings is 3. The summed E-state index contributed by atoms with van der Waals surface area (Å²) in [5.74, 6) is -6.35. The first-order valence-corrected chi connectivity index (χ1v) is 20.9. The summed E-state index contributed by atoms with van der Waals surface area (Å²) in [6.45, 7) is 13.8. The topological polar surface area (TPSA) is 178 Å². The molecule has 63 heavy (non-hydrogen) atoms. The lowest BCUT2D eigenvalue weighted by Gasteiger charge is -2.67. The molecule has 1 saturated heterocycles. The van der Waals surface area contributed by atoms with Gasteiger partial charge >= 0.3 is 29.8 Å². The number of hydrogen-bond acceptors (Lipinski definition) is 13. The van der Waals surface area contributed by atoms with Gasteiger partial charge in [0.1, 0.15) is 30.0 Å². The highest BCUT2D eigenvalue weighted by molar-refractivity contribution is 5.96. The van der Waals surface area contributed by atoms with Crippen LogP contribution in [0.25, 0.3) is 11.6 Å². The molecule has 0 amide bonds. The standard InChI is InChI=1S/C50H52O13/c1-28(34-15-11-9-12-16-34)35-22-19-33(20-23-35)21-24-40(54)61-38-25-39-49(27-58-39,63-32(5)53)43-45(62-46(56)36-17-13-10-14-18-36)50(57)26-37(59-30(3)51)29(2)41(47(50,6)7)42(60-31(4)52)44(55)48(38,43)8/h9-24,37-39,42-43,45,57H,1,25-27H2,2-8H3/b24-21+/t37-,38-,39+,42+,43-,45-,48+,49-,50+/m0/s1. The van der Waals surface area contributed by atoms with Crippen molar-refractivity contribution in [2.45, 2.75) is 103 Å². The maximum atomic E-state index is 15.9. The van der Waals surface area contributed by atoms with Gasteiger partial charge in [0.05, 0.1) is 23.5 Å². The van der Waals surface area contributed by atoms with Crippen molar-refractivity contribution in [2.24, 2.45) is 16.7 Å². The smallest absolute Gasteiger partial charge is 0.338 e. The predicted molar refractivity (Wildman–Crippen MR) is 228 cm³/mol. The van der Waals surface area contributed by atoms with Crippen molar-refractivity contribution in [3.05, 3.63) is 131 Å². The molecule has 0 spiro atoms. The zero-order valence-electron chi connectivity index (χ0n) is 36.4. The van der Waals surface area contributed by atoms with Crippen LogP contribution in [0.1, 0.15) is 88.4 Å². The van der Waals surface area contributed by atoms with Crippen LogP contribution in [0.5, 0.6) is 0 Å². The lowest BCUT2D eigenvalue weighted by Crippen LogP contribution is -2.82. The fourth-order valence-electron chi connectivity index (χ4n) is 10.3. The highest BCUT2D eigenvalue weighted by atomic mass is 16.6. The summed E-state index contributed by atoms with van der Waals surface area (Å²) >= 11 is 0. The van der Waals surface area contributed by atoms with Crippen molar-refractivity contribution in [3.8, 4) is 0 Å². The number of fused-ring (bicyclic) bond motifs is 5. The first-order chi connectivity index (χ1) is 29.7. The maximum absolute atomic E-state index is 15.9. The molecule has 13 nitrogen and oxygen atoms in total. The SMILES string of the molecule is C=C(c1ccccc1)c1ccc(/C=C/C(=O)O[C@H]2C[C@H]3OC[C@@]3(OC(C)=O)[C@H]3[C@H](OC(=O)c4ccccc4)[C@]4(O)C[C@H](OC(C)=O)C(C)=C([C@@H](OC(C)=O)C(=O)[C@]23C)C4(C)C)cc1. The van der Waals surface area contributed by atoms with Crippen molar-refractivity contribution in [1.82, 2.24) is 0 Å². The van der Waals surface area contributed by atoms with E-state index in [-0.39, 0.29) is 30.6 Å². The number of carbonyl (C=O) groups excluding carboxylic acids is 6. The molecule has 13 heteroatoms. The second kappa shape index (κ2) is 16.8. The number of rotatable bonds is 10. The molecule has 2 bridgehead atoms. The fraction of sp³-hybridized carbons (Fsp3) is 0.400. The lowest BCUT2D eigenvalue weighted by atomic mass is 9.44. The monoisotopic (exact) mass is 860 g/mol. The van der Waals surface area contributed by atoms with Gasteiger partial charge in [-0.05, 0) is 65.5 Å². The van der Waals surface area contributed by atoms with Crippen LogP contribution in [-0.4, -0.2) is 89.1 Å². The second-order valence-electron chi connectivity index (χ2n) is 17.6. The average Bonchev–Trinajstić information content (AvgIpc) is 3.23. The van der Waals surface area contributed by atoms with E-state index in [2.05, 4.69) is 6.58 Å². The third-order valence-electron chi connectivity index (χ3n) is 13.5. The van der Waals surface area contributed by atoms with Gasteiger partial charge in [-0.2, -0.15) is 0 Å². The Morgan fingerprint density at radius 3 is 1.92 bits per heavy atom. The molecule has 9 atom stereocenters. The molecule has 330 valence electrons. The average molecular weight is 861 g/mol. The zero-order valence-corrected chi connectivity index (χ0v) is 36.4. The van der Waals surface area contributed by atoms with Crippen molar-refractivity contribution in [1.29, 1.82) is 0 Å². The molecule has 7 rings (SSSR count). The largest absolute Gasteiger partial charge is 0.458 e. The van der Waals surface area contributed by atoms with Crippen LogP contribution >= 0.6 is 0 Å². The van der Waals surface area contributed by atoms with Crippen LogP contribution in [0.2, 0.25) is 0 Å². The number of esters is 5. The summed E-state index contributed by atoms with van der Waals surface area (Å²) in [7, 11) is 0. The maximum Gasteiger partial charge on any atom is 0.338 e. The number of hydrogen-bond donors (Lipinski definition) is 1. The summed E-state index contributed by atoms with van der Waals surface area (Å²) in [5.41, 5.74) is -3.74. The minimum Gasteiger partial charge on any atom is -0.458 e. The van der Waals surface area contributed by atoms with Crippen LogP contribution in [0.15, 0.2) is 109 Å². The molecular formula is C50H52O13. The normalized spacial score (nSPS) is 30.6. The molecule has 1 aliphatic heterocycles. The summed E-state index contributed by atoms with van der Waals surface area (Å²) in [6, 6.07) is 25.1. The van der Waals surface area contributed by atoms with E-state index in [4.69, 9.17) is 28.4 Å². The van der Waals surface area contributed by atoms with E-state index in [9.17, 15) is 29.1 Å². The van der Waals surface area contributed by atoms with E-state index in [1.54, 1.807) is 45.0 Å². The van der Waals surface area contributed by atoms with Gasteiger partial charge in [0, 0.05) is 45.1 Å². The minimum atomic E-state index is -2.26. The van der Waals surface area contributed by atoms with Crippen molar-refractivity contribution in [3.63, 3.8) is 0 Å². The highest BCUT2D eigenvalue weighted by Gasteiger charge is 2.79.